The molecular weight excluding hydrogens is 248 g/mol. The number of thioether (sulfide) groups is 1. The van der Waals surface area contributed by atoms with Gasteiger partial charge in [0.1, 0.15) is 0 Å². The number of amides is 2. The van der Waals surface area contributed by atoms with E-state index in [1.807, 2.05) is 11.8 Å². The predicted molar refractivity (Wildman–Crippen MR) is 75.1 cm³/mol. The molecule has 0 aromatic heterocycles. The Labute approximate surface area is 114 Å². The van der Waals surface area contributed by atoms with Crippen molar-refractivity contribution >= 4 is 17.8 Å². The molecule has 2 aliphatic heterocycles. The van der Waals surface area contributed by atoms with Gasteiger partial charge in [-0.25, -0.2) is 4.79 Å². The Bertz CT molecular complexity index is 264. The van der Waals surface area contributed by atoms with Gasteiger partial charge < -0.3 is 15.4 Å². The Balaban J connectivity index is 1.73. The standard InChI is InChI=1S/C13H24N2O2S/c1-2-11(12-6-3-7-17-12)15-13(16)14-10-5-4-8-18-9-10/h10-12H,2-9H2,1H3,(H2,14,15,16)/t10-,11-,12-/m1/s1. The summed E-state index contributed by atoms with van der Waals surface area (Å²) >= 11 is 1.93. The molecule has 2 amide bonds. The van der Waals surface area contributed by atoms with Gasteiger partial charge in [-0.1, -0.05) is 6.92 Å². The largest absolute Gasteiger partial charge is 0.376 e. The normalized spacial score (nSPS) is 29.8. The van der Waals surface area contributed by atoms with Crippen LogP contribution in [0, 0.1) is 0 Å². The number of hydrogen-bond donors (Lipinski definition) is 2. The lowest BCUT2D eigenvalue weighted by Gasteiger charge is -2.26. The van der Waals surface area contributed by atoms with Gasteiger partial charge in [0, 0.05) is 18.4 Å². The van der Waals surface area contributed by atoms with Crippen LogP contribution < -0.4 is 10.6 Å². The summed E-state index contributed by atoms with van der Waals surface area (Å²) < 4.78 is 5.65. The fraction of sp³-hybridized carbons (Fsp3) is 0.923. The van der Waals surface area contributed by atoms with Gasteiger partial charge in [0.2, 0.25) is 0 Å². The first-order valence-corrected chi connectivity index (χ1v) is 8.21. The molecule has 3 atom stereocenters. The van der Waals surface area contributed by atoms with Crippen molar-refractivity contribution in [3.8, 4) is 0 Å². The Morgan fingerprint density at radius 2 is 2.33 bits per heavy atom. The monoisotopic (exact) mass is 272 g/mol. The maximum Gasteiger partial charge on any atom is 0.315 e. The van der Waals surface area contributed by atoms with Crippen molar-refractivity contribution in [2.75, 3.05) is 18.1 Å². The number of rotatable bonds is 4. The van der Waals surface area contributed by atoms with Crippen LogP contribution in [0.2, 0.25) is 0 Å². The number of nitrogens with one attached hydrogen (secondary N) is 2. The van der Waals surface area contributed by atoms with E-state index in [1.165, 1.54) is 12.2 Å². The topological polar surface area (TPSA) is 50.4 Å². The zero-order chi connectivity index (χ0) is 12.8. The molecule has 0 aliphatic carbocycles. The van der Waals surface area contributed by atoms with Crippen LogP contribution in [0.3, 0.4) is 0 Å². The molecular formula is C13H24N2O2S. The van der Waals surface area contributed by atoms with E-state index >= 15 is 0 Å². The van der Waals surface area contributed by atoms with E-state index in [9.17, 15) is 4.79 Å². The van der Waals surface area contributed by atoms with E-state index in [1.54, 1.807) is 0 Å². The molecule has 2 heterocycles. The molecule has 2 N–H and O–H groups in total. The molecule has 5 heteroatoms. The third kappa shape index (κ3) is 4.05. The van der Waals surface area contributed by atoms with Gasteiger partial charge in [-0.05, 0) is 37.9 Å². The summed E-state index contributed by atoms with van der Waals surface area (Å²) in [4.78, 5) is 12.0. The Kier molecular flexibility index (Phi) is 5.63. The quantitative estimate of drug-likeness (QED) is 0.824. The van der Waals surface area contributed by atoms with E-state index in [2.05, 4.69) is 17.6 Å². The highest BCUT2D eigenvalue weighted by Crippen LogP contribution is 2.18. The zero-order valence-electron chi connectivity index (χ0n) is 11.1. The molecule has 2 fully saturated rings. The minimum Gasteiger partial charge on any atom is -0.376 e. The van der Waals surface area contributed by atoms with Crippen LogP contribution in [0.4, 0.5) is 4.79 Å². The predicted octanol–water partition coefficient (Wildman–Crippen LogP) is 2.14. The first kappa shape index (κ1) is 14.0. The van der Waals surface area contributed by atoms with Crippen molar-refractivity contribution in [3.63, 3.8) is 0 Å². The highest BCUT2D eigenvalue weighted by Gasteiger charge is 2.26. The van der Waals surface area contributed by atoms with Gasteiger partial charge in [-0.3, -0.25) is 0 Å². The average Bonchev–Trinajstić information content (AvgIpc) is 2.91. The van der Waals surface area contributed by atoms with Gasteiger partial charge in [0.25, 0.3) is 0 Å². The second kappa shape index (κ2) is 7.24. The molecule has 0 aromatic rings. The molecule has 0 saturated carbocycles. The lowest BCUT2D eigenvalue weighted by atomic mass is 10.1. The summed E-state index contributed by atoms with van der Waals surface area (Å²) in [5, 5.41) is 6.15. The molecule has 2 rings (SSSR count). The van der Waals surface area contributed by atoms with Crippen LogP contribution in [-0.2, 0) is 4.74 Å². The number of urea groups is 1. The van der Waals surface area contributed by atoms with Crippen molar-refractivity contribution in [2.45, 2.75) is 57.2 Å². The minimum atomic E-state index is -0.0233. The Morgan fingerprint density at radius 3 is 2.94 bits per heavy atom. The van der Waals surface area contributed by atoms with Gasteiger partial charge in [0.05, 0.1) is 12.1 Å². The highest BCUT2D eigenvalue weighted by molar-refractivity contribution is 7.99. The Morgan fingerprint density at radius 1 is 1.44 bits per heavy atom. The van der Waals surface area contributed by atoms with E-state index in [4.69, 9.17) is 4.74 Å². The van der Waals surface area contributed by atoms with Crippen molar-refractivity contribution in [1.82, 2.24) is 10.6 Å². The summed E-state index contributed by atoms with van der Waals surface area (Å²) in [5.74, 6) is 2.28. The SMILES string of the molecule is CC[C@@H](NC(=O)N[C@@H]1CCCSC1)[C@H]1CCCO1. The second-order valence-corrected chi connectivity index (χ2v) is 6.25. The van der Waals surface area contributed by atoms with E-state index in [0.717, 1.165) is 38.0 Å². The molecule has 104 valence electrons. The van der Waals surface area contributed by atoms with E-state index < -0.39 is 0 Å². The molecule has 2 saturated heterocycles. The summed E-state index contributed by atoms with van der Waals surface area (Å²) in [6.45, 7) is 2.94. The van der Waals surface area contributed by atoms with E-state index in [0.29, 0.717) is 6.04 Å². The van der Waals surface area contributed by atoms with Crippen LogP contribution in [-0.4, -0.2) is 42.3 Å². The third-order valence-corrected chi connectivity index (χ3v) is 4.88. The van der Waals surface area contributed by atoms with Crippen LogP contribution in [0.25, 0.3) is 0 Å². The summed E-state index contributed by atoms with van der Waals surface area (Å²) in [6.07, 6.45) is 5.64. The van der Waals surface area contributed by atoms with Gasteiger partial charge in [0.15, 0.2) is 0 Å². The first-order valence-electron chi connectivity index (χ1n) is 7.06. The molecule has 4 nitrogen and oxygen atoms in total. The fourth-order valence-electron chi connectivity index (χ4n) is 2.63. The van der Waals surface area contributed by atoms with Crippen LogP contribution in [0.5, 0.6) is 0 Å². The van der Waals surface area contributed by atoms with Crippen molar-refractivity contribution in [3.05, 3.63) is 0 Å². The fourth-order valence-corrected chi connectivity index (χ4v) is 3.70. The molecule has 0 unspecified atom stereocenters. The number of carbonyl (C=O) groups is 1. The van der Waals surface area contributed by atoms with Crippen molar-refractivity contribution in [2.24, 2.45) is 0 Å². The minimum absolute atomic E-state index is 0.0233. The molecule has 18 heavy (non-hydrogen) atoms. The van der Waals surface area contributed by atoms with Gasteiger partial charge in [-0.15, -0.1) is 0 Å². The Hall–Kier alpha value is -0.420. The maximum absolute atomic E-state index is 12.0. The third-order valence-electron chi connectivity index (χ3n) is 3.67. The van der Waals surface area contributed by atoms with Gasteiger partial charge in [-0.2, -0.15) is 11.8 Å². The number of hydrogen-bond acceptors (Lipinski definition) is 3. The maximum atomic E-state index is 12.0. The van der Waals surface area contributed by atoms with Crippen LogP contribution in [0.1, 0.15) is 39.0 Å². The van der Waals surface area contributed by atoms with Crippen molar-refractivity contribution < 1.29 is 9.53 Å². The molecule has 0 bridgehead atoms. The highest BCUT2D eigenvalue weighted by atomic mass is 32.2. The first-order chi connectivity index (χ1) is 8.79. The number of ether oxygens (including phenoxy) is 1. The lowest BCUT2D eigenvalue weighted by molar-refractivity contribution is 0.0795. The van der Waals surface area contributed by atoms with Crippen LogP contribution in [0.15, 0.2) is 0 Å². The molecule has 0 aromatic carbocycles. The van der Waals surface area contributed by atoms with E-state index in [-0.39, 0.29) is 18.2 Å². The lowest BCUT2D eigenvalue weighted by Crippen LogP contribution is -2.50. The second-order valence-electron chi connectivity index (χ2n) is 5.10. The summed E-state index contributed by atoms with van der Waals surface area (Å²) in [6, 6.07) is 0.472. The summed E-state index contributed by atoms with van der Waals surface area (Å²) in [5.41, 5.74) is 0. The van der Waals surface area contributed by atoms with Gasteiger partial charge >= 0.3 is 6.03 Å². The molecule has 2 aliphatic rings. The smallest absolute Gasteiger partial charge is 0.315 e. The zero-order valence-corrected chi connectivity index (χ0v) is 11.9. The van der Waals surface area contributed by atoms with Crippen molar-refractivity contribution in [1.29, 1.82) is 0 Å². The molecule has 0 radical (unpaired) electrons. The summed E-state index contributed by atoms with van der Waals surface area (Å²) in [7, 11) is 0. The number of carbonyl (C=O) groups excluding carboxylic acids is 1. The van der Waals surface area contributed by atoms with Crippen LogP contribution >= 0.6 is 11.8 Å². The molecule has 0 spiro atoms. The average molecular weight is 272 g/mol.